The molecule has 1 unspecified atom stereocenters. The lowest BCUT2D eigenvalue weighted by Gasteiger charge is -2.39. The highest BCUT2D eigenvalue weighted by atomic mass is 35.5. The van der Waals surface area contributed by atoms with Crippen LogP contribution in [0.3, 0.4) is 0 Å². The summed E-state index contributed by atoms with van der Waals surface area (Å²) in [6, 6.07) is 19.3. The number of ketones is 2. The van der Waals surface area contributed by atoms with E-state index in [9.17, 15) is 19.5 Å². The molecule has 10 nitrogen and oxygen atoms in total. The zero-order chi connectivity index (χ0) is 36.5. The van der Waals surface area contributed by atoms with Crippen LogP contribution in [0.4, 0.5) is 0 Å². The molecule has 1 aliphatic carbocycles. The average molecular weight is 718 g/mol. The molecule has 1 N–H and O–H groups in total. The van der Waals surface area contributed by atoms with Crippen molar-refractivity contribution in [2.24, 2.45) is 5.16 Å². The van der Waals surface area contributed by atoms with Gasteiger partial charge in [0, 0.05) is 49.0 Å². The van der Waals surface area contributed by atoms with Crippen molar-refractivity contribution < 1.29 is 33.8 Å². The molecular weight excluding hydrogens is 670 g/mol. The van der Waals surface area contributed by atoms with Gasteiger partial charge in [-0.05, 0) is 73.0 Å². The largest absolute Gasteiger partial charge is 0.491 e. The second-order valence-electron chi connectivity index (χ2n) is 13.2. The normalized spacial score (nSPS) is 16.1. The molecular formula is C40H48ClN3O7. The van der Waals surface area contributed by atoms with Gasteiger partial charge in [0.1, 0.15) is 18.1 Å². The average Bonchev–Trinajstić information content (AvgIpc) is 3.48. The Morgan fingerprint density at radius 1 is 0.941 bits per heavy atom. The van der Waals surface area contributed by atoms with Crippen molar-refractivity contribution in [2.45, 2.75) is 52.0 Å². The van der Waals surface area contributed by atoms with Gasteiger partial charge >= 0.3 is 5.97 Å². The number of oxime groups is 1. The fourth-order valence-corrected chi connectivity index (χ4v) is 6.98. The van der Waals surface area contributed by atoms with Gasteiger partial charge in [0.15, 0.2) is 5.78 Å². The molecule has 3 aromatic rings. The van der Waals surface area contributed by atoms with Crippen molar-refractivity contribution in [2.75, 3.05) is 65.0 Å². The number of rotatable bonds is 17. The van der Waals surface area contributed by atoms with Gasteiger partial charge in [-0.3, -0.25) is 14.5 Å². The predicted molar refractivity (Wildman–Crippen MR) is 198 cm³/mol. The van der Waals surface area contributed by atoms with Crippen molar-refractivity contribution in [1.29, 1.82) is 0 Å². The zero-order valence-corrected chi connectivity index (χ0v) is 30.7. The highest BCUT2D eigenvalue weighted by molar-refractivity contribution is 6.46. The molecule has 1 aliphatic heterocycles. The Balaban J connectivity index is 1.47. The molecule has 1 heterocycles. The van der Waals surface area contributed by atoms with Gasteiger partial charge in [-0.2, -0.15) is 0 Å². The van der Waals surface area contributed by atoms with Crippen molar-refractivity contribution in [3.05, 3.63) is 88.5 Å². The van der Waals surface area contributed by atoms with E-state index < -0.39 is 11.5 Å². The predicted octanol–water partition coefficient (Wildman–Crippen LogP) is 5.95. The Kier molecular flexibility index (Phi) is 13.2. The maximum Gasteiger partial charge on any atom is 0.336 e. The number of Topliss-reactive ketones (excluding diaryl/α,β-unsaturated/α-hetero) is 2. The van der Waals surface area contributed by atoms with Crippen molar-refractivity contribution in [1.82, 2.24) is 9.80 Å². The van der Waals surface area contributed by atoms with Gasteiger partial charge in [-0.15, -0.1) is 11.6 Å². The molecule has 0 aromatic heterocycles. The van der Waals surface area contributed by atoms with Crippen molar-refractivity contribution >= 4 is 34.8 Å². The van der Waals surface area contributed by atoms with Crippen LogP contribution >= 0.6 is 11.6 Å². The first-order valence-electron chi connectivity index (χ1n) is 17.7. The van der Waals surface area contributed by atoms with E-state index >= 15 is 0 Å². The minimum atomic E-state index is -0.705. The number of alkyl halides is 1. The second-order valence-corrected chi connectivity index (χ2v) is 13.6. The third-order valence-electron chi connectivity index (χ3n) is 9.85. The third kappa shape index (κ3) is 8.76. The fraction of sp³-hybridized carbons (Fsp3) is 0.450. The molecule has 5 rings (SSSR count). The number of carbonyl (C=O) groups is 3. The molecule has 0 spiro atoms. The lowest BCUT2D eigenvalue weighted by Crippen LogP contribution is -2.54. The van der Waals surface area contributed by atoms with Crippen LogP contribution in [0.2, 0.25) is 0 Å². The number of aliphatic hydroxyl groups excluding tert-OH is 1. The van der Waals surface area contributed by atoms with E-state index in [1.807, 2.05) is 62.4 Å². The molecule has 1 fully saturated rings. The minimum absolute atomic E-state index is 0.00204. The summed E-state index contributed by atoms with van der Waals surface area (Å²) in [5.74, 6) is -0.284. The quantitative estimate of drug-likeness (QED) is 0.0465. The molecule has 0 amide bonds. The Bertz CT molecular complexity index is 1730. The first-order chi connectivity index (χ1) is 24.6. The highest BCUT2D eigenvalue weighted by Crippen LogP contribution is 2.49. The molecule has 2 aliphatic rings. The van der Waals surface area contributed by atoms with Crippen LogP contribution in [0, 0.1) is 0 Å². The van der Waals surface area contributed by atoms with Gasteiger partial charge in [0.05, 0.1) is 31.8 Å². The lowest BCUT2D eigenvalue weighted by atomic mass is 9.86. The van der Waals surface area contributed by atoms with E-state index in [4.69, 9.17) is 25.9 Å². The zero-order valence-electron chi connectivity index (χ0n) is 30.0. The Hall–Kier alpha value is -3.93. The molecule has 3 aromatic carbocycles. The van der Waals surface area contributed by atoms with E-state index in [2.05, 4.69) is 28.8 Å². The molecule has 0 radical (unpaired) electrons. The number of hydrogen-bond acceptors (Lipinski definition) is 10. The standard InChI is InChI=1S/C40H48ClN3O7/c1-5-43(6-2)18-16-35(42-51-36(46)15-17-41)38(47)28-9-7-27(8-10-28)37-31-13-11-29(39(48)40(3,4)44-19-22-49-23-20-44)25-33(31)34-26-30(50-24-21-45)12-14-32(34)37/h7-14,25-26,37,45H,5-6,15-24H2,1-4H3/b42-35+. The van der Waals surface area contributed by atoms with E-state index in [-0.39, 0.29) is 48.7 Å². The summed E-state index contributed by atoms with van der Waals surface area (Å²) in [5, 5.41) is 13.4. The monoisotopic (exact) mass is 717 g/mol. The van der Waals surface area contributed by atoms with Gasteiger partial charge in [-0.25, -0.2) is 4.79 Å². The van der Waals surface area contributed by atoms with Crippen molar-refractivity contribution in [3.63, 3.8) is 0 Å². The number of halogens is 1. The summed E-state index contributed by atoms with van der Waals surface area (Å²) in [7, 11) is 0. The number of morpholine rings is 1. The first-order valence-corrected chi connectivity index (χ1v) is 18.3. The number of fused-ring (bicyclic) bond motifs is 3. The van der Waals surface area contributed by atoms with Gasteiger partial charge < -0.3 is 24.3 Å². The van der Waals surface area contributed by atoms with Crippen LogP contribution in [0.25, 0.3) is 11.1 Å². The molecule has 1 atom stereocenters. The summed E-state index contributed by atoms with van der Waals surface area (Å²) in [4.78, 5) is 49.2. The number of ether oxygens (including phenoxy) is 2. The molecule has 0 saturated carbocycles. The topological polar surface area (TPSA) is 118 Å². The number of nitrogens with zero attached hydrogens (tertiary/aromatic N) is 3. The van der Waals surface area contributed by atoms with Crippen LogP contribution < -0.4 is 4.74 Å². The maximum atomic E-state index is 14.0. The highest BCUT2D eigenvalue weighted by Gasteiger charge is 2.38. The van der Waals surface area contributed by atoms with Crippen LogP contribution in [-0.4, -0.2) is 109 Å². The number of carbonyl (C=O) groups excluding carboxylic acids is 3. The van der Waals surface area contributed by atoms with E-state index in [1.54, 1.807) is 12.1 Å². The molecule has 272 valence electrons. The molecule has 1 saturated heterocycles. The van der Waals surface area contributed by atoms with Crippen LogP contribution in [-0.2, 0) is 14.4 Å². The van der Waals surface area contributed by atoms with Crippen LogP contribution in [0.1, 0.15) is 83.9 Å². The Labute approximate surface area is 305 Å². The second kappa shape index (κ2) is 17.5. The SMILES string of the molecule is CCN(CC)CC/C(=N\OC(=O)CCCl)C(=O)c1ccc(C2c3ccc(OCCO)cc3-c3cc(C(=O)C(C)(C)N4CCOCC4)ccc32)cc1. The summed E-state index contributed by atoms with van der Waals surface area (Å²) >= 11 is 5.68. The third-order valence-corrected chi connectivity index (χ3v) is 10.0. The Morgan fingerprint density at radius 3 is 2.24 bits per heavy atom. The molecule has 51 heavy (non-hydrogen) atoms. The van der Waals surface area contributed by atoms with E-state index in [1.165, 1.54) is 0 Å². The smallest absolute Gasteiger partial charge is 0.336 e. The van der Waals surface area contributed by atoms with Gasteiger partial charge in [0.2, 0.25) is 5.78 Å². The maximum absolute atomic E-state index is 14.0. The molecule has 11 heteroatoms. The Morgan fingerprint density at radius 2 is 1.59 bits per heavy atom. The van der Waals surface area contributed by atoms with Crippen LogP contribution in [0.5, 0.6) is 5.75 Å². The summed E-state index contributed by atoms with van der Waals surface area (Å²) in [5.41, 5.74) is 5.48. The lowest BCUT2D eigenvalue weighted by molar-refractivity contribution is -0.143. The number of benzene rings is 3. The number of hydrogen-bond donors (Lipinski definition) is 1. The minimum Gasteiger partial charge on any atom is -0.491 e. The van der Waals surface area contributed by atoms with Gasteiger partial charge in [0.25, 0.3) is 0 Å². The van der Waals surface area contributed by atoms with Crippen molar-refractivity contribution in [3.8, 4) is 16.9 Å². The van der Waals surface area contributed by atoms with Gasteiger partial charge in [-0.1, -0.05) is 61.5 Å². The first kappa shape index (κ1) is 38.3. The van der Waals surface area contributed by atoms with E-state index in [0.29, 0.717) is 56.1 Å². The number of aliphatic hydroxyl groups is 1. The fourth-order valence-electron chi connectivity index (χ4n) is 6.83. The summed E-state index contributed by atoms with van der Waals surface area (Å²) in [6.07, 6.45) is 0.321. The van der Waals surface area contributed by atoms with Crippen LogP contribution in [0.15, 0.2) is 65.8 Å². The summed E-state index contributed by atoms with van der Waals surface area (Å²) < 4.78 is 11.3. The molecule has 0 bridgehead atoms. The summed E-state index contributed by atoms with van der Waals surface area (Å²) in [6.45, 7) is 12.9. The van der Waals surface area contributed by atoms with E-state index in [0.717, 1.165) is 40.9 Å².